The number of hydrogen-bond donors (Lipinski definition) is 3. The van der Waals surface area contributed by atoms with E-state index < -0.39 is 12.1 Å². The lowest BCUT2D eigenvalue weighted by atomic mass is 10.3. The summed E-state index contributed by atoms with van der Waals surface area (Å²) in [6.07, 6.45) is 1.12. The molecule has 0 saturated heterocycles. The summed E-state index contributed by atoms with van der Waals surface area (Å²) < 4.78 is 0. The molecule has 0 aliphatic rings. The number of hydrogen-bond acceptors (Lipinski definition) is 5. The maximum atomic E-state index is 11.9. The standard InChI is InChI=1S/C12H15N7O2/c1-7(2)11(20)14-8(3)15-12(21)10-16-18-19(17-10)9-5-4-6-13-9/h4-6,8,13H,1H2,2-3H3,(H,14,20)(H,15,21). The van der Waals surface area contributed by atoms with Crippen LogP contribution in [-0.4, -0.2) is 43.2 Å². The first-order valence-electron chi connectivity index (χ1n) is 6.18. The minimum Gasteiger partial charge on any atom is -0.345 e. The van der Waals surface area contributed by atoms with Gasteiger partial charge in [0.1, 0.15) is 0 Å². The van der Waals surface area contributed by atoms with E-state index in [-0.39, 0.29) is 11.7 Å². The molecule has 110 valence electrons. The molecular weight excluding hydrogens is 274 g/mol. The van der Waals surface area contributed by atoms with E-state index in [0.717, 1.165) is 0 Å². The fourth-order valence-corrected chi connectivity index (χ4v) is 1.47. The molecular formula is C12H15N7O2. The third-order valence-electron chi connectivity index (χ3n) is 2.50. The summed E-state index contributed by atoms with van der Waals surface area (Å²) in [7, 11) is 0. The van der Waals surface area contributed by atoms with Gasteiger partial charge in [-0.15, -0.1) is 15.0 Å². The topological polar surface area (TPSA) is 118 Å². The van der Waals surface area contributed by atoms with E-state index in [1.54, 1.807) is 32.2 Å². The average molecular weight is 289 g/mol. The van der Waals surface area contributed by atoms with E-state index in [9.17, 15) is 9.59 Å². The van der Waals surface area contributed by atoms with Crippen LogP contribution in [0.15, 0.2) is 30.5 Å². The highest BCUT2D eigenvalue weighted by atomic mass is 16.2. The highest BCUT2D eigenvalue weighted by Gasteiger charge is 2.17. The number of carbonyl (C=O) groups excluding carboxylic acids is 2. The Balaban J connectivity index is 1.98. The Morgan fingerprint density at radius 2 is 2.19 bits per heavy atom. The lowest BCUT2D eigenvalue weighted by molar-refractivity contribution is -0.118. The predicted molar refractivity (Wildman–Crippen MR) is 73.4 cm³/mol. The van der Waals surface area contributed by atoms with Gasteiger partial charge in [0.15, 0.2) is 5.82 Å². The van der Waals surface area contributed by atoms with E-state index in [1.807, 2.05) is 0 Å². The first-order chi connectivity index (χ1) is 9.97. The maximum Gasteiger partial charge on any atom is 0.294 e. The van der Waals surface area contributed by atoms with Gasteiger partial charge in [0.2, 0.25) is 5.91 Å². The maximum absolute atomic E-state index is 11.9. The lowest BCUT2D eigenvalue weighted by Crippen LogP contribution is -2.46. The van der Waals surface area contributed by atoms with Crippen LogP contribution in [-0.2, 0) is 4.79 Å². The third-order valence-corrected chi connectivity index (χ3v) is 2.50. The zero-order valence-corrected chi connectivity index (χ0v) is 11.6. The molecule has 2 rings (SSSR count). The average Bonchev–Trinajstić information content (AvgIpc) is 3.09. The molecule has 2 amide bonds. The second-order valence-corrected chi connectivity index (χ2v) is 4.41. The summed E-state index contributed by atoms with van der Waals surface area (Å²) in [6.45, 7) is 6.71. The van der Waals surface area contributed by atoms with E-state index >= 15 is 0 Å². The van der Waals surface area contributed by atoms with Crippen LogP contribution >= 0.6 is 0 Å². The van der Waals surface area contributed by atoms with Gasteiger partial charge < -0.3 is 15.6 Å². The van der Waals surface area contributed by atoms with Gasteiger partial charge in [0.25, 0.3) is 11.7 Å². The number of amides is 2. The number of nitrogens with one attached hydrogen (secondary N) is 3. The van der Waals surface area contributed by atoms with Crippen molar-refractivity contribution in [2.45, 2.75) is 20.0 Å². The first kappa shape index (κ1) is 14.4. The predicted octanol–water partition coefficient (Wildman–Crippen LogP) is -0.241. The van der Waals surface area contributed by atoms with Crippen molar-refractivity contribution in [2.24, 2.45) is 0 Å². The fourth-order valence-electron chi connectivity index (χ4n) is 1.47. The van der Waals surface area contributed by atoms with Gasteiger partial charge in [0.05, 0.1) is 6.17 Å². The van der Waals surface area contributed by atoms with E-state index in [0.29, 0.717) is 11.4 Å². The largest absolute Gasteiger partial charge is 0.345 e. The molecule has 1 atom stereocenters. The summed E-state index contributed by atoms with van der Waals surface area (Å²) in [4.78, 5) is 27.4. The summed E-state index contributed by atoms with van der Waals surface area (Å²) >= 11 is 0. The van der Waals surface area contributed by atoms with Gasteiger partial charge in [-0.2, -0.15) is 0 Å². The van der Waals surface area contributed by atoms with Crippen molar-refractivity contribution >= 4 is 11.8 Å². The number of tetrazole rings is 1. The summed E-state index contributed by atoms with van der Waals surface area (Å²) in [5, 5.41) is 16.5. The van der Waals surface area contributed by atoms with Crippen molar-refractivity contribution in [3.05, 3.63) is 36.3 Å². The van der Waals surface area contributed by atoms with E-state index in [4.69, 9.17) is 0 Å². The molecule has 0 spiro atoms. The van der Waals surface area contributed by atoms with Crippen LogP contribution in [0.3, 0.4) is 0 Å². The SMILES string of the molecule is C=C(C)C(=O)NC(C)NC(=O)c1nnn(-c2ccc[nH]2)n1. The Labute approximate surface area is 120 Å². The lowest BCUT2D eigenvalue weighted by Gasteiger charge is -2.14. The zero-order chi connectivity index (χ0) is 15.4. The monoisotopic (exact) mass is 289 g/mol. The van der Waals surface area contributed by atoms with E-state index in [2.05, 4.69) is 37.6 Å². The molecule has 1 unspecified atom stereocenters. The van der Waals surface area contributed by atoms with Crippen LogP contribution in [0.1, 0.15) is 24.5 Å². The molecule has 0 radical (unpaired) electrons. The van der Waals surface area contributed by atoms with Crippen LogP contribution in [0.4, 0.5) is 0 Å². The number of aromatic amines is 1. The second-order valence-electron chi connectivity index (χ2n) is 4.41. The van der Waals surface area contributed by atoms with Gasteiger partial charge in [0, 0.05) is 11.8 Å². The summed E-state index contributed by atoms with van der Waals surface area (Å²) in [6, 6.07) is 3.51. The van der Waals surface area contributed by atoms with Crippen LogP contribution in [0, 0.1) is 0 Å². The first-order valence-corrected chi connectivity index (χ1v) is 6.18. The highest BCUT2D eigenvalue weighted by Crippen LogP contribution is 1.99. The molecule has 0 aliphatic heterocycles. The smallest absolute Gasteiger partial charge is 0.294 e. The number of aromatic nitrogens is 5. The quantitative estimate of drug-likeness (QED) is 0.518. The zero-order valence-electron chi connectivity index (χ0n) is 11.6. The molecule has 9 nitrogen and oxygen atoms in total. The van der Waals surface area contributed by atoms with Crippen LogP contribution in [0.2, 0.25) is 0 Å². The third kappa shape index (κ3) is 3.53. The van der Waals surface area contributed by atoms with Crippen molar-refractivity contribution < 1.29 is 9.59 Å². The van der Waals surface area contributed by atoms with Gasteiger partial charge >= 0.3 is 0 Å². The van der Waals surface area contributed by atoms with Crippen molar-refractivity contribution in [1.29, 1.82) is 0 Å². The minimum atomic E-state index is -0.584. The molecule has 21 heavy (non-hydrogen) atoms. The Kier molecular flexibility index (Phi) is 4.12. The van der Waals surface area contributed by atoms with Gasteiger partial charge in [-0.25, -0.2) is 0 Å². The molecule has 3 N–H and O–H groups in total. The fraction of sp³-hybridized carbons (Fsp3) is 0.250. The molecule has 0 aromatic carbocycles. The van der Waals surface area contributed by atoms with Crippen molar-refractivity contribution in [3.63, 3.8) is 0 Å². The van der Waals surface area contributed by atoms with Crippen molar-refractivity contribution in [3.8, 4) is 5.82 Å². The Morgan fingerprint density at radius 1 is 1.43 bits per heavy atom. The summed E-state index contributed by atoms with van der Waals surface area (Å²) in [5.41, 5.74) is 0.354. The van der Waals surface area contributed by atoms with Gasteiger partial charge in [-0.3, -0.25) is 9.59 Å². The molecule has 0 bridgehead atoms. The Bertz CT molecular complexity index is 659. The number of carbonyl (C=O) groups is 2. The minimum absolute atomic E-state index is 0.0963. The second kappa shape index (κ2) is 5.99. The molecule has 2 aromatic heterocycles. The molecule has 0 saturated carbocycles. The molecule has 2 aromatic rings. The number of nitrogens with zero attached hydrogens (tertiary/aromatic N) is 4. The van der Waals surface area contributed by atoms with Crippen LogP contribution in [0.25, 0.3) is 5.82 Å². The van der Waals surface area contributed by atoms with Gasteiger partial charge in [-0.1, -0.05) is 6.58 Å². The normalized spacial score (nSPS) is 11.7. The number of rotatable bonds is 5. The van der Waals surface area contributed by atoms with Crippen LogP contribution in [0.5, 0.6) is 0 Å². The summed E-state index contributed by atoms with van der Waals surface area (Å²) in [5.74, 6) is -0.390. The molecule has 9 heteroatoms. The van der Waals surface area contributed by atoms with E-state index in [1.165, 1.54) is 4.80 Å². The molecule has 0 fully saturated rings. The van der Waals surface area contributed by atoms with Gasteiger partial charge in [-0.05, 0) is 31.2 Å². The Morgan fingerprint density at radius 3 is 2.81 bits per heavy atom. The number of H-pyrrole nitrogens is 1. The van der Waals surface area contributed by atoms with Crippen LogP contribution < -0.4 is 10.6 Å². The molecule has 0 aliphatic carbocycles. The van der Waals surface area contributed by atoms with Crippen molar-refractivity contribution in [2.75, 3.05) is 0 Å². The highest BCUT2D eigenvalue weighted by molar-refractivity contribution is 5.93. The Hall–Kier alpha value is -2.97. The molecule has 2 heterocycles. The van der Waals surface area contributed by atoms with Crippen molar-refractivity contribution in [1.82, 2.24) is 35.8 Å².